The van der Waals surface area contributed by atoms with Gasteiger partial charge in [0, 0.05) is 23.3 Å². The Morgan fingerprint density at radius 2 is 1.48 bits per heavy atom. The van der Waals surface area contributed by atoms with E-state index >= 15 is 0 Å². The number of carbonyl (C=O) groups is 3. The molecule has 1 aliphatic heterocycles. The number of halogens is 2. The van der Waals surface area contributed by atoms with Gasteiger partial charge in [-0.3, -0.25) is 19.3 Å². The lowest BCUT2D eigenvalue weighted by Gasteiger charge is -2.15. The number of hydrogen-bond acceptors (Lipinski definition) is 4. The van der Waals surface area contributed by atoms with Gasteiger partial charge in [0.1, 0.15) is 11.5 Å². The minimum Gasteiger partial charge on any atom is -0.350 e. The van der Waals surface area contributed by atoms with E-state index in [1.165, 1.54) is 31.2 Å². The summed E-state index contributed by atoms with van der Waals surface area (Å²) in [5, 5.41) is 6.23. The van der Waals surface area contributed by atoms with E-state index in [-0.39, 0.29) is 23.7 Å². The molecule has 3 aromatic carbocycles. The van der Waals surface area contributed by atoms with Crippen LogP contribution in [0.2, 0.25) is 5.02 Å². The molecule has 0 saturated heterocycles. The molecule has 33 heavy (non-hydrogen) atoms. The van der Waals surface area contributed by atoms with Crippen molar-refractivity contribution < 1.29 is 18.8 Å². The summed E-state index contributed by atoms with van der Waals surface area (Å²) in [5.74, 6) is -1.57. The fourth-order valence-electron chi connectivity index (χ4n) is 3.48. The third kappa shape index (κ3) is 4.94. The number of nitrogens with one attached hydrogen (secondary N) is 2. The number of amides is 3. The predicted octanol–water partition coefficient (Wildman–Crippen LogP) is 4.83. The molecule has 2 N–H and O–H groups in total. The Morgan fingerprint density at radius 3 is 2.09 bits per heavy atom. The Hall–Kier alpha value is -3.97. The van der Waals surface area contributed by atoms with E-state index in [1.807, 2.05) is 0 Å². The smallest absolute Gasteiger partial charge is 0.278 e. The third-order valence-electron chi connectivity index (χ3n) is 5.03. The van der Waals surface area contributed by atoms with Crippen LogP contribution in [0.3, 0.4) is 0 Å². The van der Waals surface area contributed by atoms with E-state index in [2.05, 4.69) is 10.6 Å². The average molecular weight is 464 g/mol. The summed E-state index contributed by atoms with van der Waals surface area (Å²) >= 11 is 5.99. The van der Waals surface area contributed by atoms with Crippen molar-refractivity contribution in [3.05, 3.63) is 100 Å². The maximum absolute atomic E-state index is 13.3. The lowest BCUT2D eigenvalue weighted by Crippen LogP contribution is -2.32. The molecule has 8 heteroatoms. The largest absolute Gasteiger partial charge is 0.350 e. The van der Waals surface area contributed by atoms with Crippen LogP contribution < -0.4 is 10.6 Å². The standard InChI is InChI=1S/C25H19ClFN3O3/c1-15(31)28-20-10-12-21(13-11-20)29-23-22(17-4-6-18(26)7-5-17)24(32)30(25(23)33)14-16-2-8-19(27)9-3-16/h2-13,29H,14H2,1H3,(H,28,31). The maximum Gasteiger partial charge on any atom is 0.278 e. The molecule has 3 aromatic rings. The summed E-state index contributed by atoms with van der Waals surface area (Å²) in [6.07, 6.45) is 0. The van der Waals surface area contributed by atoms with Crippen LogP contribution in [0, 0.1) is 5.82 Å². The third-order valence-corrected chi connectivity index (χ3v) is 5.28. The fourth-order valence-corrected chi connectivity index (χ4v) is 3.60. The minimum atomic E-state index is -0.500. The number of nitrogens with zero attached hydrogens (tertiary/aromatic N) is 1. The van der Waals surface area contributed by atoms with E-state index in [9.17, 15) is 18.8 Å². The van der Waals surface area contributed by atoms with Crippen molar-refractivity contribution >= 4 is 46.3 Å². The Balaban J connectivity index is 1.68. The molecule has 1 aliphatic rings. The van der Waals surface area contributed by atoms with Crippen LogP contribution in [0.1, 0.15) is 18.1 Å². The van der Waals surface area contributed by atoms with Gasteiger partial charge in [-0.2, -0.15) is 0 Å². The van der Waals surface area contributed by atoms with Gasteiger partial charge in [0.2, 0.25) is 5.91 Å². The molecule has 1 heterocycles. The second-order valence-electron chi connectivity index (χ2n) is 7.46. The van der Waals surface area contributed by atoms with Crippen molar-refractivity contribution in [2.75, 3.05) is 10.6 Å². The van der Waals surface area contributed by atoms with Crippen LogP contribution in [0.25, 0.3) is 5.57 Å². The molecule has 3 amide bonds. The van der Waals surface area contributed by atoms with Gasteiger partial charge in [-0.15, -0.1) is 0 Å². The highest BCUT2D eigenvalue weighted by Gasteiger charge is 2.39. The summed E-state index contributed by atoms with van der Waals surface area (Å²) < 4.78 is 13.3. The molecule has 0 atom stereocenters. The molecule has 166 valence electrons. The second-order valence-corrected chi connectivity index (χ2v) is 7.90. The van der Waals surface area contributed by atoms with Crippen LogP contribution in [-0.2, 0) is 20.9 Å². The quantitative estimate of drug-likeness (QED) is 0.513. The molecule has 6 nitrogen and oxygen atoms in total. The number of imide groups is 1. The average Bonchev–Trinajstić information content (AvgIpc) is 3.01. The van der Waals surface area contributed by atoms with Gasteiger partial charge in [-0.05, 0) is 59.7 Å². The van der Waals surface area contributed by atoms with E-state index in [1.54, 1.807) is 48.5 Å². The highest BCUT2D eigenvalue weighted by atomic mass is 35.5. The Labute approximate surface area is 194 Å². The molecular formula is C25H19ClFN3O3. The molecule has 0 spiro atoms. The first-order valence-electron chi connectivity index (χ1n) is 10.1. The van der Waals surface area contributed by atoms with Crippen LogP contribution in [0.5, 0.6) is 0 Å². The molecule has 0 unspecified atom stereocenters. The van der Waals surface area contributed by atoms with Crippen molar-refractivity contribution in [1.82, 2.24) is 4.90 Å². The van der Waals surface area contributed by atoms with Gasteiger partial charge >= 0.3 is 0 Å². The first-order chi connectivity index (χ1) is 15.8. The number of hydrogen-bond donors (Lipinski definition) is 2. The molecule has 4 rings (SSSR count). The molecule has 0 fully saturated rings. The van der Waals surface area contributed by atoms with Gasteiger partial charge in [0.15, 0.2) is 0 Å². The number of anilines is 2. The molecule has 0 bridgehead atoms. The highest BCUT2D eigenvalue weighted by molar-refractivity contribution is 6.36. The maximum atomic E-state index is 13.3. The Kier molecular flexibility index (Phi) is 6.24. The normalized spacial score (nSPS) is 13.5. The van der Waals surface area contributed by atoms with Gasteiger partial charge in [0.05, 0.1) is 12.1 Å². The van der Waals surface area contributed by atoms with Gasteiger partial charge in [-0.1, -0.05) is 35.9 Å². The van der Waals surface area contributed by atoms with Gasteiger partial charge in [0.25, 0.3) is 11.8 Å². The van der Waals surface area contributed by atoms with Crippen LogP contribution in [-0.4, -0.2) is 22.6 Å². The molecule has 0 radical (unpaired) electrons. The zero-order valence-electron chi connectivity index (χ0n) is 17.6. The molecule has 0 saturated carbocycles. The zero-order chi connectivity index (χ0) is 23.5. The first-order valence-corrected chi connectivity index (χ1v) is 10.4. The summed E-state index contributed by atoms with van der Waals surface area (Å²) in [6, 6.07) is 19.0. The van der Waals surface area contributed by atoms with E-state index in [4.69, 9.17) is 11.6 Å². The van der Waals surface area contributed by atoms with E-state index in [0.717, 1.165) is 4.90 Å². The SMILES string of the molecule is CC(=O)Nc1ccc(NC2=C(c3ccc(Cl)cc3)C(=O)N(Cc3ccc(F)cc3)C2=O)cc1. The lowest BCUT2D eigenvalue weighted by molar-refractivity contribution is -0.137. The molecular weight excluding hydrogens is 445 g/mol. The minimum absolute atomic E-state index is 0.00167. The van der Waals surface area contributed by atoms with Crippen LogP contribution >= 0.6 is 11.6 Å². The van der Waals surface area contributed by atoms with E-state index < -0.39 is 17.6 Å². The summed E-state index contributed by atoms with van der Waals surface area (Å²) in [4.78, 5) is 38.9. The number of rotatable bonds is 6. The lowest BCUT2D eigenvalue weighted by atomic mass is 10.0. The number of benzene rings is 3. The Bertz CT molecular complexity index is 1250. The summed E-state index contributed by atoms with van der Waals surface area (Å²) in [7, 11) is 0. The monoisotopic (exact) mass is 463 g/mol. The van der Waals surface area contributed by atoms with Gasteiger partial charge in [-0.25, -0.2) is 4.39 Å². The second kappa shape index (κ2) is 9.26. The highest BCUT2D eigenvalue weighted by Crippen LogP contribution is 2.32. The molecule has 0 aromatic heterocycles. The van der Waals surface area contributed by atoms with Gasteiger partial charge < -0.3 is 10.6 Å². The summed E-state index contributed by atoms with van der Waals surface area (Å²) in [6.45, 7) is 1.41. The van der Waals surface area contributed by atoms with Crippen molar-refractivity contribution in [2.24, 2.45) is 0 Å². The predicted molar refractivity (Wildman–Crippen MR) is 125 cm³/mol. The zero-order valence-corrected chi connectivity index (χ0v) is 18.3. The first kappa shape index (κ1) is 22.2. The van der Waals surface area contributed by atoms with Crippen molar-refractivity contribution in [1.29, 1.82) is 0 Å². The van der Waals surface area contributed by atoms with Crippen LogP contribution in [0.15, 0.2) is 78.5 Å². The summed E-state index contributed by atoms with van der Waals surface area (Å²) in [5.41, 5.74) is 2.66. The van der Waals surface area contributed by atoms with E-state index in [0.29, 0.717) is 27.5 Å². The Morgan fingerprint density at radius 1 is 0.879 bits per heavy atom. The van der Waals surface area contributed by atoms with Crippen molar-refractivity contribution in [3.8, 4) is 0 Å². The van der Waals surface area contributed by atoms with Crippen molar-refractivity contribution in [3.63, 3.8) is 0 Å². The topological polar surface area (TPSA) is 78.5 Å². The fraction of sp³-hybridized carbons (Fsp3) is 0.0800. The number of carbonyl (C=O) groups excluding carboxylic acids is 3. The van der Waals surface area contributed by atoms with Crippen LogP contribution in [0.4, 0.5) is 15.8 Å². The molecule has 0 aliphatic carbocycles. The van der Waals surface area contributed by atoms with Crippen molar-refractivity contribution in [2.45, 2.75) is 13.5 Å².